The zero-order valence-corrected chi connectivity index (χ0v) is 26.9. The van der Waals surface area contributed by atoms with Crippen LogP contribution in [0.2, 0.25) is 0 Å². The minimum Gasteiger partial charge on any atom is -0.475 e. The Morgan fingerprint density at radius 2 is 0.842 bits per heavy atom. The maximum atomic E-state index is 11.8. The molecule has 3 heterocycles. The number of rotatable bonds is 6. The van der Waals surface area contributed by atoms with Crippen LogP contribution in [0.3, 0.4) is 0 Å². The van der Waals surface area contributed by atoms with E-state index in [1.165, 1.54) is 4.90 Å². The van der Waals surface area contributed by atoms with Gasteiger partial charge in [0.1, 0.15) is 12.2 Å². The highest BCUT2D eigenvalue weighted by molar-refractivity contribution is 6.05. The first-order chi connectivity index (χ1) is 17.4. The van der Waals surface area contributed by atoms with Crippen molar-refractivity contribution in [1.82, 2.24) is 4.90 Å². The van der Waals surface area contributed by atoms with Gasteiger partial charge in [0.25, 0.3) is 0 Å². The van der Waals surface area contributed by atoms with E-state index in [-0.39, 0.29) is 35.5 Å². The molecule has 0 aromatic carbocycles. The Morgan fingerprint density at radius 3 is 1.03 bits per heavy atom. The number of imide groups is 1. The highest BCUT2D eigenvalue weighted by Gasteiger charge is 2.48. The minimum absolute atomic E-state index is 0.0105. The van der Waals surface area contributed by atoms with Crippen molar-refractivity contribution in [3.63, 3.8) is 0 Å². The number of hydrogen-bond donors (Lipinski definition) is 0. The summed E-state index contributed by atoms with van der Waals surface area (Å²) in [6.07, 6.45) is 0.593. The van der Waals surface area contributed by atoms with E-state index < -0.39 is 0 Å². The van der Waals surface area contributed by atoms with E-state index in [0.717, 1.165) is 11.8 Å². The zero-order valence-electron chi connectivity index (χ0n) is 26.9. The molecule has 0 aromatic rings. The number of amides is 2. The van der Waals surface area contributed by atoms with Crippen molar-refractivity contribution in [3.05, 3.63) is 0 Å². The molecule has 220 valence electrons. The topological polar surface area (TPSA) is 80.6 Å². The van der Waals surface area contributed by atoms with Crippen molar-refractivity contribution < 1.29 is 19.1 Å². The Hall–Kier alpha value is -1.92. The van der Waals surface area contributed by atoms with Gasteiger partial charge in [-0.25, -0.2) is 9.98 Å². The van der Waals surface area contributed by atoms with E-state index in [0.29, 0.717) is 48.0 Å². The first-order valence-corrected chi connectivity index (χ1v) is 14.7. The second-order valence-electron chi connectivity index (χ2n) is 13.2. The summed E-state index contributed by atoms with van der Waals surface area (Å²) < 4.78 is 11.3. The predicted octanol–water partition coefficient (Wildman–Crippen LogP) is 6.50. The molecule has 0 aliphatic carbocycles. The van der Waals surface area contributed by atoms with Gasteiger partial charge >= 0.3 is 0 Å². The van der Waals surface area contributed by atoms with E-state index in [9.17, 15) is 9.59 Å². The molecular weight excluding hydrogens is 478 g/mol. The third-order valence-electron chi connectivity index (χ3n) is 7.68. The Kier molecular flexibility index (Phi) is 13.0. The van der Waals surface area contributed by atoms with Crippen molar-refractivity contribution in [2.45, 2.75) is 121 Å². The number of aliphatic imine (C=N–C) groups is 2. The maximum Gasteiger partial charge on any atom is 0.233 e. The molecule has 7 nitrogen and oxygen atoms in total. The molecule has 3 aliphatic heterocycles. The summed E-state index contributed by atoms with van der Waals surface area (Å²) >= 11 is 0. The van der Waals surface area contributed by atoms with Crippen LogP contribution in [0.15, 0.2) is 9.98 Å². The normalized spacial score (nSPS) is 29.0. The number of likely N-dealkylation sites (tertiary alicyclic amines) is 1. The van der Waals surface area contributed by atoms with Crippen molar-refractivity contribution in [2.75, 3.05) is 7.05 Å². The fourth-order valence-corrected chi connectivity index (χ4v) is 5.54. The average Bonchev–Trinajstić information content (AvgIpc) is 3.45. The highest BCUT2D eigenvalue weighted by Crippen LogP contribution is 2.35. The molecule has 0 spiro atoms. The molecule has 7 heteroatoms. The Balaban J connectivity index is 0.000000286. The fourth-order valence-electron chi connectivity index (χ4n) is 5.54. The Labute approximate surface area is 233 Å². The van der Waals surface area contributed by atoms with Gasteiger partial charge in [-0.1, -0.05) is 83.1 Å². The third-order valence-corrected chi connectivity index (χ3v) is 7.68. The predicted molar refractivity (Wildman–Crippen MR) is 157 cm³/mol. The molecule has 1 fully saturated rings. The summed E-state index contributed by atoms with van der Waals surface area (Å²) in [5.41, 5.74) is 0. The van der Waals surface area contributed by atoms with E-state index in [1.807, 2.05) is 41.5 Å². The average molecular weight is 536 g/mol. The Bertz CT molecular complexity index is 776. The SMILES string of the molecule is CC(C)C1C(=O)N(C)C(=O)C1C(C)C.CC1=NC(C(C)C)C(C(C)C)O1.CC1=NC(C(C)C)C(C(C)C)O1. The number of ether oxygens (including phenoxy) is 2. The molecule has 0 bridgehead atoms. The molecular formula is C31H57N3O4. The second-order valence-corrected chi connectivity index (χ2v) is 13.2. The molecule has 0 aromatic heterocycles. The number of nitrogens with zero attached hydrogens (tertiary/aromatic N) is 3. The molecule has 6 unspecified atom stereocenters. The van der Waals surface area contributed by atoms with Crippen LogP contribution in [0.4, 0.5) is 0 Å². The Morgan fingerprint density at radius 1 is 0.553 bits per heavy atom. The third kappa shape index (κ3) is 8.54. The van der Waals surface area contributed by atoms with E-state index >= 15 is 0 Å². The summed E-state index contributed by atoms with van der Waals surface area (Å²) in [7, 11) is 1.59. The van der Waals surface area contributed by atoms with Crippen molar-refractivity contribution in [1.29, 1.82) is 0 Å². The standard InChI is InChI=1S/C11H19NO2.2C10H19NO/c1-6(2)8-9(7(3)4)11(14)12(5)10(8)13;2*1-6(2)9-10(7(3)4)12-8(5)11-9/h6-9H,1-5H3;2*6-7,9-10H,1-5H3. The highest BCUT2D eigenvalue weighted by atomic mass is 16.5. The summed E-state index contributed by atoms with van der Waals surface area (Å²) in [4.78, 5) is 33.8. The number of carbonyl (C=O) groups is 2. The van der Waals surface area contributed by atoms with Gasteiger partial charge in [-0.2, -0.15) is 0 Å². The second kappa shape index (κ2) is 14.5. The van der Waals surface area contributed by atoms with Crippen LogP contribution in [0.25, 0.3) is 0 Å². The van der Waals surface area contributed by atoms with Crippen LogP contribution in [0.1, 0.15) is 96.9 Å². The lowest BCUT2D eigenvalue weighted by Gasteiger charge is -2.23. The molecule has 0 saturated carbocycles. The number of hydrogen-bond acceptors (Lipinski definition) is 6. The molecule has 38 heavy (non-hydrogen) atoms. The van der Waals surface area contributed by atoms with Crippen LogP contribution >= 0.6 is 0 Å². The molecule has 2 amide bonds. The lowest BCUT2D eigenvalue weighted by molar-refractivity contribution is -0.138. The lowest BCUT2D eigenvalue weighted by Crippen LogP contribution is -2.31. The van der Waals surface area contributed by atoms with Gasteiger partial charge in [0, 0.05) is 20.9 Å². The smallest absolute Gasteiger partial charge is 0.233 e. The van der Waals surface area contributed by atoms with Gasteiger partial charge < -0.3 is 9.47 Å². The van der Waals surface area contributed by atoms with Gasteiger partial charge in [0.15, 0.2) is 11.8 Å². The minimum atomic E-state index is -0.118. The molecule has 0 N–H and O–H groups in total. The molecule has 3 rings (SSSR count). The fraction of sp³-hybridized carbons (Fsp3) is 0.871. The quantitative estimate of drug-likeness (QED) is 0.364. The lowest BCUT2D eigenvalue weighted by atomic mass is 9.79. The van der Waals surface area contributed by atoms with Crippen LogP contribution < -0.4 is 0 Å². The summed E-state index contributed by atoms with van der Waals surface area (Å²) in [5.74, 6) is 4.20. The van der Waals surface area contributed by atoms with Crippen LogP contribution in [0, 0.1) is 47.3 Å². The van der Waals surface area contributed by atoms with Crippen molar-refractivity contribution in [2.24, 2.45) is 57.3 Å². The van der Waals surface area contributed by atoms with E-state index in [1.54, 1.807) is 7.05 Å². The maximum absolute atomic E-state index is 11.8. The van der Waals surface area contributed by atoms with Gasteiger partial charge in [-0.3, -0.25) is 14.5 Å². The summed E-state index contributed by atoms with van der Waals surface area (Å²) in [6.45, 7) is 29.5. The monoisotopic (exact) mass is 535 g/mol. The summed E-state index contributed by atoms with van der Waals surface area (Å²) in [5, 5.41) is 0. The van der Waals surface area contributed by atoms with Crippen LogP contribution in [-0.4, -0.2) is 59.8 Å². The van der Waals surface area contributed by atoms with Gasteiger partial charge in [0.2, 0.25) is 11.8 Å². The zero-order chi connectivity index (χ0) is 29.6. The summed E-state index contributed by atoms with van der Waals surface area (Å²) in [6, 6.07) is 0.731. The largest absolute Gasteiger partial charge is 0.475 e. The molecule has 0 radical (unpaired) electrons. The molecule has 1 saturated heterocycles. The van der Waals surface area contributed by atoms with Gasteiger partial charge in [0.05, 0.1) is 23.9 Å². The molecule has 6 atom stereocenters. The van der Waals surface area contributed by atoms with Crippen LogP contribution in [0.5, 0.6) is 0 Å². The van der Waals surface area contributed by atoms with Gasteiger partial charge in [-0.05, 0) is 35.5 Å². The van der Waals surface area contributed by atoms with Crippen LogP contribution in [-0.2, 0) is 19.1 Å². The first kappa shape index (κ1) is 34.1. The van der Waals surface area contributed by atoms with E-state index in [2.05, 4.69) is 65.4 Å². The number of carbonyl (C=O) groups excluding carboxylic acids is 2. The van der Waals surface area contributed by atoms with Crippen molar-refractivity contribution >= 4 is 23.6 Å². The molecule has 3 aliphatic rings. The van der Waals surface area contributed by atoms with Crippen molar-refractivity contribution in [3.8, 4) is 0 Å². The van der Waals surface area contributed by atoms with E-state index in [4.69, 9.17) is 9.47 Å². The van der Waals surface area contributed by atoms with Gasteiger partial charge in [-0.15, -0.1) is 0 Å². The first-order valence-electron chi connectivity index (χ1n) is 14.7.